The SMILES string of the molecule is CC(C)(C)[Si](C)(C)O[C@@H]1[C@@H](CO[P@@](=O)(NC2CCOC2=O)Oc2ccccc2)O[C@@H](n2ccc(N)nc2=O)C1(F)F. The molecule has 2 aliphatic rings. The number of esters is 1. The van der Waals surface area contributed by atoms with E-state index in [1.165, 1.54) is 18.2 Å². The Morgan fingerprint density at radius 3 is 2.49 bits per heavy atom. The lowest BCUT2D eigenvalue weighted by atomic mass is 10.1. The number of nitrogens with zero attached hydrogens (tertiary/aromatic N) is 2. The Hall–Kier alpha value is -2.68. The smallest absolute Gasteiger partial charge is 0.459 e. The fourth-order valence-electron chi connectivity index (χ4n) is 4.03. The number of nitrogens with two attached hydrogens (primary N) is 1. The molecule has 0 aliphatic carbocycles. The van der Waals surface area contributed by atoms with Crippen LogP contribution in [-0.2, 0) is 27.8 Å². The number of halogens is 2. The zero-order valence-corrected chi connectivity index (χ0v) is 25.3. The van der Waals surface area contributed by atoms with Gasteiger partial charge in [0.15, 0.2) is 8.32 Å². The van der Waals surface area contributed by atoms with E-state index < -0.39 is 69.8 Å². The van der Waals surface area contributed by atoms with Crippen LogP contribution in [0.2, 0.25) is 18.1 Å². The van der Waals surface area contributed by atoms with Crippen molar-refractivity contribution in [1.82, 2.24) is 14.6 Å². The molecule has 1 aromatic heterocycles. The van der Waals surface area contributed by atoms with Crippen molar-refractivity contribution < 1.29 is 41.1 Å². The lowest BCUT2D eigenvalue weighted by Crippen LogP contribution is -2.52. The van der Waals surface area contributed by atoms with E-state index in [-0.39, 0.29) is 24.6 Å². The highest BCUT2D eigenvalue weighted by Crippen LogP contribution is 2.50. The maximum atomic E-state index is 16.1. The maximum absolute atomic E-state index is 16.1. The van der Waals surface area contributed by atoms with E-state index in [1.807, 2.05) is 20.8 Å². The number of carbonyl (C=O) groups excluding carboxylic acids is 1. The summed E-state index contributed by atoms with van der Waals surface area (Å²) in [5.74, 6) is -4.38. The second-order valence-electron chi connectivity index (χ2n) is 11.4. The van der Waals surface area contributed by atoms with Gasteiger partial charge in [-0.3, -0.25) is 13.9 Å². The van der Waals surface area contributed by atoms with Crippen LogP contribution in [0.4, 0.5) is 14.6 Å². The number of ether oxygens (including phenoxy) is 2. The van der Waals surface area contributed by atoms with Gasteiger partial charge in [0.25, 0.3) is 0 Å². The lowest BCUT2D eigenvalue weighted by molar-refractivity contribution is -0.139. The van der Waals surface area contributed by atoms with Gasteiger partial charge >= 0.3 is 25.3 Å². The molecule has 1 unspecified atom stereocenters. The molecule has 226 valence electrons. The molecule has 41 heavy (non-hydrogen) atoms. The molecule has 2 aliphatic heterocycles. The van der Waals surface area contributed by atoms with Crippen molar-refractivity contribution >= 4 is 27.9 Å². The molecule has 3 N–H and O–H groups in total. The predicted octanol–water partition coefficient (Wildman–Crippen LogP) is 3.86. The molecule has 12 nitrogen and oxygen atoms in total. The number of rotatable bonds is 10. The molecule has 0 amide bonds. The van der Waals surface area contributed by atoms with Gasteiger partial charge in [-0.1, -0.05) is 39.0 Å². The van der Waals surface area contributed by atoms with Crippen molar-refractivity contribution in [2.75, 3.05) is 18.9 Å². The van der Waals surface area contributed by atoms with Gasteiger partial charge in [0.1, 0.15) is 29.8 Å². The number of anilines is 1. The lowest BCUT2D eigenvalue weighted by Gasteiger charge is -2.40. The van der Waals surface area contributed by atoms with Gasteiger partial charge in [-0.2, -0.15) is 18.9 Å². The highest BCUT2D eigenvalue weighted by atomic mass is 31.2. The molecule has 0 spiro atoms. The summed E-state index contributed by atoms with van der Waals surface area (Å²) in [6.45, 7) is 8.66. The minimum absolute atomic E-state index is 0.105. The van der Waals surface area contributed by atoms with Crippen LogP contribution in [-0.4, -0.2) is 61.2 Å². The third-order valence-electron chi connectivity index (χ3n) is 7.31. The summed E-state index contributed by atoms with van der Waals surface area (Å²) in [4.78, 5) is 28.1. The van der Waals surface area contributed by atoms with E-state index in [0.29, 0.717) is 4.57 Å². The van der Waals surface area contributed by atoms with Gasteiger partial charge in [-0.25, -0.2) is 9.36 Å². The molecular formula is C25H35F2N4O8PSi. The van der Waals surface area contributed by atoms with Crippen LogP contribution in [0.25, 0.3) is 0 Å². The van der Waals surface area contributed by atoms with Crippen LogP contribution in [0.15, 0.2) is 47.4 Å². The number of carbonyl (C=O) groups is 1. The average molecular weight is 617 g/mol. The molecule has 2 fully saturated rings. The average Bonchev–Trinajstić information content (AvgIpc) is 3.37. The van der Waals surface area contributed by atoms with Crippen LogP contribution in [0.3, 0.4) is 0 Å². The molecule has 5 atom stereocenters. The number of benzene rings is 1. The van der Waals surface area contributed by atoms with Crippen LogP contribution in [0.5, 0.6) is 5.75 Å². The monoisotopic (exact) mass is 616 g/mol. The zero-order chi connectivity index (χ0) is 30.2. The second-order valence-corrected chi connectivity index (χ2v) is 17.8. The van der Waals surface area contributed by atoms with Gasteiger partial charge in [0.2, 0.25) is 6.23 Å². The van der Waals surface area contributed by atoms with Crippen molar-refractivity contribution in [1.29, 1.82) is 0 Å². The Kier molecular flexibility index (Phi) is 8.79. The highest BCUT2D eigenvalue weighted by Gasteiger charge is 2.63. The van der Waals surface area contributed by atoms with E-state index in [0.717, 1.165) is 6.20 Å². The minimum atomic E-state index is -4.36. The standard InChI is InChI=1S/C25H35F2N4O8PSi/c1-24(2,3)41(4,5)39-20-18(37-22(25(20,26)27)31-13-11-19(28)29-23(31)33)15-36-40(34,30-17-12-14-35-21(17)32)38-16-9-7-6-8-10-16/h6-11,13,17-18,20,22H,12,14-15H2,1-5H3,(H,30,34)(H2,28,29,33)/t17?,18-,20-,22-,40+/m1/s1. The number of hydrogen-bond acceptors (Lipinski definition) is 10. The number of para-hydroxylation sites is 1. The molecule has 3 heterocycles. The Morgan fingerprint density at radius 2 is 1.90 bits per heavy atom. The summed E-state index contributed by atoms with van der Waals surface area (Å²) in [6, 6.07) is 8.22. The zero-order valence-electron chi connectivity index (χ0n) is 23.4. The van der Waals surface area contributed by atoms with E-state index >= 15 is 8.78 Å². The minimum Gasteiger partial charge on any atom is -0.464 e. The number of hydrogen-bond donors (Lipinski definition) is 2. The number of nitrogens with one attached hydrogen (secondary N) is 1. The number of alkyl halides is 2. The second kappa shape index (κ2) is 11.5. The van der Waals surface area contributed by atoms with Crippen molar-refractivity contribution in [2.24, 2.45) is 0 Å². The molecule has 0 radical (unpaired) electrons. The van der Waals surface area contributed by atoms with Crippen molar-refractivity contribution in [3.63, 3.8) is 0 Å². The first kappa shape index (κ1) is 31.3. The molecule has 2 aromatic rings. The first-order valence-electron chi connectivity index (χ1n) is 13.0. The van der Waals surface area contributed by atoms with Gasteiger partial charge in [-0.05, 0) is 36.3 Å². The molecular weight excluding hydrogens is 581 g/mol. The first-order valence-corrected chi connectivity index (χ1v) is 17.5. The topological polar surface area (TPSA) is 153 Å². The Morgan fingerprint density at radius 1 is 1.22 bits per heavy atom. The number of aromatic nitrogens is 2. The first-order chi connectivity index (χ1) is 19.0. The number of cyclic esters (lactones) is 1. The highest BCUT2D eigenvalue weighted by molar-refractivity contribution is 7.52. The molecule has 2 saturated heterocycles. The third-order valence-corrected chi connectivity index (χ3v) is 13.3. The summed E-state index contributed by atoms with van der Waals surface area (Å²) in [5.41, 5.74) is 4.50. The summed E-state index contributed by atoms with van der Waals surface area (Å²) < 4.78 is 74.7. The summed E-state index contributed by atoms with van der Waals surface area (Å²) in [5, 5.41) is 2.11. The van der Waals surface area contributed by atoms with Crippen LogP contribution < -0.4 is 21.0 Å². The molecule has 16 heteroatoms. The Balaban J connectivity index is 1.66. The van der Waals surface area contributed by atoms with E-state index in [2.05, 4.69) is 10.1 Å². The summed E-state index contributed by atoms with van der Waals surface area (Å²) in [6.07, 6.45) is -4.24. The van der Waals surface area contributed by atoms with Gasteiger partial charge in [0.05, 0.1) is 13.2 Å². The van der Waals surface area contributed by atoms with Gasteiger partial charge in [0, 0.05) is 12.6 Å². The van der Waals surface area contributed by atoms with Gasteiger partial charge in [-0.15, -0.1) is 0 Å². The Labute approximate surface area is 237 Å². The van der Waals surface area contributed by atoms with E-state index in [9.17, 15) is 14.2 Å². The largest absolute Gasteiger partial charge is 0.464 e. The molecule has 1 aromatic carbocycles. The summed E-state index contributed by atoms with van der Waals surface area (Å²) >= 11 is 0. The molecule has 0 bridgehead atoms. The van der Waals surface area contributed by atoms with Crippen LogP contribution in [0.1, 0.15) is 33.4 Å². The van der Waals surface area contributed by atoms with Crippen LogP contribution in [0, 0.1) is 0 Å². The van der Waals surface area contributed by atoms with Crippen molar-refractivity contribution in [3.05, 3.63) is 53.1 Å². The van der Waals surface area contributed by atoms with Gasteiger partial charge < -0.3 is 24.2 Å². The van der Waals surface area contributed by atoms with Crippen molar-refractivity contribution in [2.45, 2.75) is 75.7 Å². The fourth-order valence-corrected chi connectivity index (χ4v) is 6.87. The third kappa shape index (κ3) is 6.87. The normalized spacial score (nSPS) is 26.0. The van der Waals surface area contributed by atoms with Crippen LogP contribution >= 0.6 is 7.75 Å². The quantitative estimate of drug-likeness (QED) is 0.227. The molecule has 0 saturated carbocycles. The number of nitrogen functional groups attached to an aromatic ring is 1. The Bertz CT molecular complexity index is 1360. The fraction of sp³-hybridized carbons (Fsp3) is 0.560. The van der Waals surface area contributed by atoms with E-state index in [1.54, 1.807) is 31.3 Å². The summed E-state index contributed by atoms with van der Waals surface area (Å²) in [7, 11) is -7.20. The van der Waals surface area contributed by atoms with E-state index in [4.69, 9.17) is 28.7 Å². The predicted molar refractivity (Wildman–Crippen MR) is 147 cm³/mol. The van der Waals surface area contributed by atoms with Crippen molar-refractivity contribution in [3.8, 4) is 5.75 Å². The molecule has 4 rings (SSSR count). The maximum Gasteiger partial charge on any atom is 0.459 e.